The lowest BCUT2D eigenvalue weighted by Crippen LogP contribution is -2.46. The first-order chi connectivity index (χ1) is 14.9. The van der Waals surface area contributed by atoms with Crippen molar-refractivity contribution in [2.45, 2.75) is 38.4 Å². The molecule has 1 saturated carbocycles. The summed E-state index contributed by atoms with van der Waals surface area (Å²) in [5, 5.41) is 3.18. The number of nitrogens with one attached hydrogen (secondary N) is 1. The van der Waals surface area contributed by atoms with Gasteiger partial charge in [-0.15, -0.1) is 0 Å². The zero-order valence-corrected chi connectivity index (χ0v) is 18.6. The molecule has 1 heterocycles. The number of hydrogen-bond donors (Lipinski definition) is 1. The number of benzene rings is 2. The summed E-state index contributed by atoms with van der Waals surface area (Å²) >= 11 is 12.4. The Bertz CT molecular complexity index is 990. The smallest absolute Gasteiger partial charge is 0.325 e. The number of imide groups is 1. The van der Waals surface area contributed by atoms with E-state index in [-0.39, 0.29) is 28.5 Å². The number of halogens is 2. The molecule has 1 saturated heterocycles. The number of hydrogen-bond acceptors (Lipinski definition) is 3. The minimum absolute atomic E-state index is 0.0299. The maximum Gasteiger partial charge on any atom is 0.325 e. The summed E-state index contributed by atoms with van der Waals surface area (Å²) in [4.78, 5) is 41.5. The van der Waals surface area contributed by atoms with Crippen LogP contribution < -0.4 is 5.32 Å². The van der Waals surface area contributed by atoms with E-state index in [9.17, 15) is 14.4 Å². The van der Waals surface area contributed by atoms with E-state index < -0.39 is 18.0 Å². The van der Waals surface area contributed by atoms with Crippen LogP contribution in [0.3, 0.4) is 0 Å². The van der Waals surface area contributed by atoms with Crippen LogP contribution in [0.1, 0.15) is 36.9 Å². The predicted octanol–water partition coefficient (Wildman–Crippen LogP) is 4.41. The minimum atomic E-state index is -1.01. The Labute approximate surface area is 191 Å². The fourth-order valence-corrected chi connectivity index (χ4v) is 4.57. The van der Waals surface area contributed by atoms with Crippen LogP contribution >= 0.6 is 23.2 Å². The van der Waals surface area contributed by atoms with E-state index >= 15 is 0 Å². The van der Waals surface area contributed by atoms with Gasteiger partial charge in [-0.1, -0.05) is 59.6 Å². The number of amides is 4. The van der Waals surface area contributed by atoms with Gasteiger partial charge in [0.15, 0.2) is 0 Å². The molecular formula is C23H23Cl2N3O3. The first-order valence-corrected chi connectivity index (χ1v) is 11.0. The molecule has 1 unspecified atom stereocenters. The zero-order chi connectivity index (χ0) is 22.1. The number of carbonyl (C=O) groups excluding carboxylic acids is 3. The Hall–Kier alpha value is -2.57. The first-order valence-electron chi connectivity index (χ1n) is 10.3. The van der Waals surface area contributed by atoms with E-state index in [4.69, 9.17) is 23.2 Å². The van der Waals surface area contributed by atoms with Gasteiger partial charge in [-0.25, -0.2) is 4.79 Å². The van der Waals surface area contributed by atoms with Crippen LogP contribution in [0.25, 0.3) is 0 Å². The van der Waals surface area contributed by atoms with Gasteiger partial charge in [0, 0.05) is 28.2 Å². The molecule has 1 aliphatic carbocycles. The molecule has 4 amide bonds. The third-order valence-corrected chi connectivity index (χ3v) is 6.58. The van der Waals surface area contributed by atoms with Crippen molar-refractivity contribution in [1.82, 2.24) is 15.1 Å². The van der Waals surface area contributed by atoms with Crippen molar-refractivity contribution < 1.29 is 14.4 Å². The predicted molar refractivity (Wildman–Crippen MR) is 119 cm³/mol. The molecule has 1 aliphatic heterocycles. The molecule has 2 atom stereocenters. The van der Waals surface area contributed by atoms with Crippen molar-refractivity contribution in [3.63, 3.8) is 0 Å². The van der Waals surface area contributed by atoms with E-state index in [1.165, 1.54) is 0 Å². The van der Waals surface area contributed by atoms with Gasteiger partial charge in [0.2, 0.25) is 5.91 Å². The summed E-state index contributed by atoms with van der Waals surface area (Å²) in [5.41, 5.74) is 1.34. The number of urea groups is 1. The lowest BCUT2D eigenvalue weighted by atomic mass is 10.1. The van der Waals surface area contributed by atoms with Crippen LogP contribution in [0.5, 0.6) is 0 Å². The molecule has 0 spiro atoms. The number of nitrogens with zero attached hydrogens (tertiary/aromatic N) is 2. The van der Waals surface area contributed by atoms with E-state index in [1.54, 1.807) is 23.1 Å². The topological polar surface area (TPSA) is 69.7 Å². The molecule has 31 heavy (non-hydrogen) atoms. The maximum absolute atomic E-state index is 13.2. The molecule has 4 rings (SSSR count). The maximum atomic E-state index is 13.2. The molecule has 0 aromatic heterocycles. The summed E-state index contributed by atoms with van der Waals surface area (Å²) in [5.74, 6) is -0.352. The van der Waals surface area contributed by atoms with Gasteiger partial charge in [-0.3, -0.25) is 14.5 Å². The van der Waals surface area contributed by atoms with Gasteiger partial charge in [0.25, 0.3) is 5.91 Å². The Morgan fingerprint density at radius 2 is 1.74 bits per heavy atom. The molecule has 2 aromatic rings. The van der Waals surface area contributed by atoms with Gasteiger partial charge in [-0.2, -0.15) is 0 Å². The Morgan fingerprint density at radius 3 is 2.35 bits per heavy atom. The highest BCUT2D eigenvalue weighted by Crippen LogP contribution is 2.36. The number of carbonyl (C=O) groups is 3. The molecule has 2 aromatic carbocycles. The van der Waals surface area contributed by atoms with E-state index in [0.29, 0.717) is 18.0 Å². The second kappa shape index (κ2) is 8.89. The molecule has 0 bridgehead atoms. The van der Waals surface area contributed by atoms with Gasteiger partial charge >= 0.3 is 6.03 Å². The summed E-state index contributed by atoms with van der Waals surface area (Å²) in [6.45, 7) is 2.13. The second-order valence-corrected chi connectivity index (χ2v) is 8.84. The molecule has 2 fully saturated rings. The Balaban J connectivity index is 1.53. The fraction of sp³-hybridized carbons (Fsp3) is 0.348. The molecule has 1 N–H and O–H groups in total. The van der Waals surface area contributed by atoms with Crippen LogP contribution in [0.4, 0.5) is 4.79 Å². The lowest BCUT2D eigenvalue weighted by Gasteiger charge is -2.30. The highest BCUT2D eigenvalue weighted by Gasteiger charge is 2.43. The normalized spacial score (nSPS) is 19.3. The molecule has 162 valence electrons. The largest absolute Gasteiger partial charge is 0.334 e. The van der Waals surface area contributed by atoms with Crippen molar-refractivity contribution in [3.8, 4) is 0 Å². The van der Waals surface area contributed by atoms with Crippen molar-refractivity contribution >= 4 is 41.0 Å². The monoisotopic (exact) mass is 459 g/mol. The lowest BCUT2D eigenvalue weighted by molar-refractivity contribution is -0.139. The third kappa shape index (κ3) is 4.55. The quantitative estimate of drug-likeness (QED) is 0.623. The average Bonchev–Trinajstić information content (AvgIpc) is 3.56. The zero-order valence-electron chi connectivity index (χ0n) is 17.1. The van der Waals surface area contributed by atoms with E-state index in [2.05, 4.69) is 5.32 Å². The molecule has 6 nitrogen and oxygen atoms in total. The van der Waals surface area contributed by atoms with Gasteiger partial charge in [-0.05, 0) is 43.4 Å². The summed E-state index contributed by atoms with van der Waals surface area (Å²) in [6.07, 6.45) is 2.16. The van der Waals surface area contributed by atoms with Crippen molar-refractivity contribution in [2.24, 2.45) is 5.92 Å². The van der Waals surface area contributed by atoms with Crippen molar-refractivity contribution in [1.29, 1.82) is 0 Å². The molecular weight excluding hydrogens is 437 g/mol. The first kappa shape index (κ1) is 21.7. The highest BCUT2D eigenvalue weighted by molar-refractivity contribution is 6.36. The average molecular weight is 460 g/mol. The van der Waals surface area contributed by atoms with Crippen LogP contribution in [0.2, 0.25) is 10.0 Å². The standard InChI is InChI=1S/C23H23Cl2N3O3/c1-14(16-10-11-16)27(12-15-6-3-2-4-7-15)19(29)13-28-22(30)21(26-23(28)31)20-17(24)8-5-9-18(20)25/h2-9,14,16,21H,10-13H2,1H3,(H,26,31)/t14-,21?/m0/s1. The Kier molecular flexibility index (Phi) is 6.21. The van der Waals surface area contributed by atoms with E-state index in [0.717, 1.165) is 23.3 Å². The van der Waals surface area contributed by atoms with Crippen molar-refractivity contribution in [2.75, 3.05) is 6.54 Å². The van der Waals surface area contributed by atoms with Gasteiger partial charge in [0.05, 0.1) is 0 Å². The molecule has 0 radical (unpaired) electrons. The van der Waals surface area contributed by atoms with Gasteiger partial charge < -0.3 is 10.2 Å². The number of rotatable bonds is 7. The second-order valence-electron chi connectivity index (χ2n) is 8.03. The summed E-state index contributed by atoms with van der Waals surface area (Å²) in [7, 11) is 0. The van der Waals surface area contributed by atoms with Crippen LogP contribution in [-0.2, 0) is 16.1 Å². The van der Waals surface area contributed by atoms with Crippen LogP contribution in [0.15, 0.2) is 48.5 Å². The molecule has 8 heteroatoms. The highest BCUT2D eigenvalue weighted by atomic mass is 35.5. The van der Waals surface area contributed by atoms with Crippen molar-refractivity contribution in [3.05, 3.63) is 69.7 Å². The third-order valence-electron chi connectivity index (χ3n) is 5.92. The fourth-order valence-electron chi connectivity index (χ4n) is 3.95. The van der Waals surface area contributed by atoms with Crippen LogP contribution in [0, 0.1) is 5.92 Å². The molecule has 2 aliphatic rings. The minimum Gasteiger partial charge on any atom is -0.334 e. The summed E-state index contributed by atoms with van der Waals surface area (Å²) < 4.78 is 0. The Morgan fingerprint density at radius 1 is 1.10 bits per heavy atom. The summed E-state index contributed by atoms with van der Waals surface area (Å²) in [6, 6.07) is 13.0. The van der Waals surface area contributed by atoms with Crippen LogP contribution in [-0.4, -0.2) is 40.2 Å². The van der Waals surface area contributed by atoms with E-state index in [1.807, 2.05) is 37.3 Å². The SMILES string of the molecule is C[C@@H](C1CC1)N(Cc1ccccc1)C(=O)CN1C(=O)NC(c2c(Cl)cccc2Cl)C1=O. The van der Waals surface area contributed by atoms with Gasteiger partial charge in [0.1, 0.15) is 12.6 Å².